The fraction of sp³-hybridized carbons (Fsp3) is 0.652. The van der Waals surface area contributed by atoms with E-state index >= 15 is 0 Å². The fourth-order valence-electron chi connectivity index (χ4n) is 6.89. The summed E-state index contributed by atoms with van der Waals surface area (Å²) in [4.78, 5) is 26.6. The molecule has 3 heterocycles. The van der Waals surface area contributed by atoms with Gasteiger partial charge in [-0.2, -0.15) is 0 Å². The summed E-state index contributed by atoms with van der Waals surface area (Å²) in [5.74, 6) is -1.24. The molecule has 9 atom stereocenters. The van der Waals surface area contributed by atoms with E-state index in [4.69, 9.17) is 14.2 Å². The van der Waals surface area contributed by atoms with Crippen LogP contribution >= 0.6 is 0 Å². The molecular weight excluding hydrogens is 450 g/mol. The minimum atomic E-state index is -1.84. The number of hydrogen-bond donors (Lipinski definition) is 5. The van der Waals surface area contributed by atoms with Gasteiger partial charge in [0, 0.05) is 18.0 Å². The van der Waals surface area contributed by atoms with Crippen molar-refractivity contribution < 1.29 is 49.3 Å². The summed E-state index contributed by atoms with van der Waals surface area (Å²) in [6.45, 7) is 0.679. The highest BCUT2D eigenvalue weighted by atomic mass is 16.7. The zero-order valence-corrected chi connectivity index (χ0v) is 18.5. The number of ether oxygens (including phenoxy) is 3. The maximum Gasteiger partial charge on any atom is 0.335 e. The Bertz CT molecular complexity index is 1080. The molecule has 5 N–H and O–H groups in total. The molecular formula is C23H27NO10. The number of hydrogen-bond acceptors (Lipinski definition) is 10. The minimum absolute atomic E-state index is 0.0959. The van der Waals surface area contributed by atoms with Crippen molar-refractivity contribution >= 4 is 11.8 Å². The van der Waals surface area contributed by atoms with Crippen molar-refractivity contribution in [2.75, 3.05) is 13.6 Å². The average molecular weight is 477 g/mol. The number of carboxylic acids is 1. The Labute approximate surface area is 194 Å². The second kappa shape index (κ2) is 7.12. The van der Waals surface area contributed by atoms with E-state index in [0.29, 0.717) is 25.8 Å². The molecule has 3 fully saturated rings. The van der Waals surface area contributed by atoms with Crippen molar-refractivity contribution in [1.82, 2.24) is 4.90 Å². The molecule has 3 aliphatic heterocycles. The van der Waals surface area contributed by atoms with Gasteiger partial charge in [-0.3, -0.25) is 4.79 Å². The first-order valence-electron chi connectivity index (χ1n) is 11.5. The number of carbonyl (C=O) groups excluding carboxylic acids is 1. The van der Waals surface area contributed by atoms with E-state index in [0.717, 1.165) is 11.1 Å². The summed E-state index contributed by atoms with van der Waals surface area (Å²) in [5.41, 5.74) is -0.432. The van der Waals surface area contributed by atoms with Crippen LogP contribution in [0.3, 0.4) is 0 Å². The number of carbonyl (C=O) groups is 2. The van der Waals surface area contributed by atoms with Gasteiger partial charge < -0.3 is 44.6 Å². The van der Waals surface area contributed by atoms with Gasteiger partial charge in [-0.25, -0.2) is 4.79 Å². The lowest BCUT2D eigenvalue weighted by atomic mass is 9.49. The lowest BCUT2D eigenvalue weighted by molar-refractivity contribution is -0.271. The monoisotopic (exact) mass is 477 g/mol. The van der Waals surface area contributed by atoms with Crippen LogP contribution in [-0.2, 0) is 26.2 Å². The Morgan fingerprint density at radius 2 is 1.94 bits per heavy atom. The summed E-state index contributed by atoms with van der Waals surface area (Å²) in [7, 11) is 1.97. The Balaban J connectivity index is 1.43. The smallest absolute Gasteiger partial charge is 0.335 e. The van der Waals surface area contributed by atoms with Crippen molar-refractivity contribution in [2.45, 2.75) is 79.6 Å². The first-order valence-corrected chi connectivity index (χ1v) is 11.5. The van der Waals surface area contributed by atoms with E-state index in [1.807, 2.05) is 13.1 Å². The van der Waals surface area contributed by atoms with Crippen LogP contribution in [0.4, 0.5) is 0 Å². The van der Waals surface area contributed by atoms with Crippen LogP contribution in [0.15, 0.2) is 12.1 Å². The number of nitrogens with zero attached hydrogens (tertiary/aromatic N) is 1. The predicted molar refractivity (Wildman–Crippen MR) is 111 cm³/mol. The normalized spacial score (nSPS) is 44.9. The quantitative estimate of drug-likeness (QED) is 0.337. The van der Waals surface area contributed by atoms with Crippen LogP contribution < -0.4 is 9.47 Å². The fourth-order valence-corrected chi connectivity index (χ4v) is 6.89. The molecule has 11 heteroatoms. The number of benzene rings is 1. The molecule has 0 amide bonds. The molecule has 5 aliphatic rings. The largest absolute Gasteiger partial charge is 0.479 e. The molecule has 1 saturated carbocycles. The highest BCUT2D eigenvalue weighted by molar-refractivity contribution is 5.90. The second-order valence-corrected chi connectivity index (χ2v) is 10.1. The molecule has 184 valence electrons. The van der Waals surface area contributed by atoms with Crippen LogP contribution in [0.25, 0.3) is 0 Å². The van der Waals surface area contributed by atoms with Gasteiger partial charge >= 0.3 is 5.97 Å². The number of likely N-dealkylation sites (N-methyl/N-ethyl adjacent to an activating group) is 1. The van der Waals surface area contributed by atoms with Crippen molar-refractivity contribution in [2.24, 2.45) is 0 Å². The lowest BCUT2D eigenvalue weighted by Crippen LogP contribution is -2.76. The zero-order valence-electron chi connectivity index (χ0n) is 18.5. The van der Waals surface area contributed by atoms with Gasteiger partial charge in [-0.1, -0.05) is 6.07 Å². The molecule has 0 unspecified atom stereocenters. The summed E-state index contributed by atoms with van der Waals surface area (Å²) in [5, 5.41) is 51.8. The highest BCUT2D eigenvalue weighted by Gasteiger charge is 2.73. The van der Waals surface area contributed by atoms with Gasteiger partial charge in [-0.15, -0.1) is 0 Å². The number of carboxylic acid groups (broad SMARTS) is 1. The van der Waals surface area contributed by atoms with Crippen molar-refractivity contribution in [1.29, 1.82) is 0 Å². The molecule has 2 aliphatic carbocycles. The average Bonchev–Trinajstić information content (AvgIpc) is 3.16. The number of ketones is 1. The molecule has 11 nitrogen and oxygen atoms in total. The third kappa shape index (κ3) is 2.57. The number of rotatable bonds is 3. The molecule has 2 bridgehead atoms. The van der Waals surface area contributed by atoms with Gasteiger partial charge in [0.1, 0.15) is 18.3 Å². The number of Topliss-reactive ketones (excluding diaryl/α,β-unsaturated/α-hetero) is 1. The number of piperidine rings is 1. The molecule has 2 saturated heterocycles. The van der Waals surface area contributed by atoms with Crippen LogP contribution in [0.2, 0.25) is 0 Å². The van der Waals surface area contributed by atoms with Gasteiger partial charge in [0.15, 0.2) is 29.5 Å². The maximum absolute atomic E-state index is 13.0. The molecule has 1 spiro atoms. The van der Waals surface area contributed by atoms with Gasteiger partial charge in [-0.05, 0) is 44.5 Å². The predicted octanol–water partition coefficient (Wildman–Crippen LogP) is -1.69. The lowest BCUT2D eigenvalue weighted by Gasteiger charge is -2.62. The van der Waals surface area contributed by atoms with Crippen LogP contribution in [0.1, 0.15) is 30.4 Å². The molecule has 1 aromatic carbocycles. The summed E-state index contributed by atoms with van der Waals surface area (Å²) < 4.78 is 17.3. The molecule has 34 heavy (non-hydrogen) atoms. The van der Waals surface area contributed by atoms with Gasteiger partial charge in [0.2, 0.25) is 6.29 Å². The van der Waals surface area contributed by atoms with E-state index in [9.17, 15) is 35.1 Å². The Hall–Kier alpha value is -2.28. The first-order chi connectivity index (χ1) is 16.1. The van der Waals surface area contributed by atoms with Crippen molar-refractivity contribution in [3.8, 4) is 11.5 Å². The van der Waals surface area contributed by atoms with E-state index in [1.165, 1.54) is 0 Å². The number of aliphatic hydroxyl groups excluding tert-OH is 3. The van der Waals surface area contributed by atoms with Crippen molar-refractivity contribution in [3.63, 3.8) is 0 Å². The topological polar surface area (TPSA) is 166 Å². The van der Waals surface area contributed by atoms with E-state index < -0.39 is 53.8 Å². The molecule has 0 radical (unpaired) electrons. The number of likely N-dealkylation sites (tertiary alicyclic amines) is 1. The van der Waals surface area contributed by atoms with E-state index in [1.54, 1.807) is 6.07 Å². The van der Waals surface area contributed by atoms with E-state index in [-0.39, 0.29) is 29.7 Å². The Kier molecular flexibility index (Phi) is 4.65. The summed E-state index contributed by atoms with van der Waals surface area (Å²) in [6, 6.07) is 3.25. The third-order valence-corrected chi connectivity index (χ3v) is 8.57. The third-order valence-electron chi connectivity index (χ3n) is 8.57. The summed E-state index contributed by atoms with van der Waals surface area (Å²) >= 11 is 0. The summed E-state index contributed by atoms with van der Waals surface area (Å²) in [6.07, 6.45) is -8.07. The first kappa shape index (κ1) is 22.2. The van der Waals surface area contributed by atoms with Gasteiger partial charge in [0.25, 0.3) is 0 Å². The molecule has 1 aromatic rings. The standard InChI is InChI=1S/C23H27NO10/c1-24-7-6-22-13-9-2-3-11(32-21-16(28)14(26)15(27)18(34-21)20(29)30)17(13)33-19(22)10(25)4-5-23(22,31)12(24)8-9/h2-3,12,14-16,18-19,21,26-28,31H,4-8H2,1H3,(H,29,30)/t12-,14-,15-,16+,18-,19-,21+,22-,23+/m0/s1. The zero-order chi connectivity index (χ0) is 24.2. The van der Waals surface area contributed by atoms with Gasteiger partial charge in [0.05, 0.1) is 11.0 Å². The minimum Gasteiger partial charge on any atom is -0.479 e. The molecule has 0 aromatic heterocycles. The number of aliphatic hydroxyl groups is 4. The maximum atomic E-state index is 13.0. The second-order valence-electron chi connectivity index (χ2n) is 10.1. The molecule has 6 rings (SSSR count). The number of aliphatic carboxylic acids is 1. The Morgan fingerprint density at radius 1 is 1.18 bits per heavy atom. The van der Waals surface area contributed by atoms with E-state index in [2.05, 4.69) is 4.90 Å². The van der Waals surface area contributed by atoms with Crippen LogP contribution in [0, 0.1) is 0 Å². The highest BCUT2D eigenvalue weighted by Crippen LogP contribution is 2.64. The van der Waals surface area contributed by atoms with Crippen LogP contribution in [0.5, 0.6) is 11.5 Å². The van der Waals surface area contributed by atoms with Crippen molar-refractivity contribution in [3.05, 3.63) is 23.3 Å². The Morgan fingerprint density at radius 3 is 2.68 bits per heavy atom. The van der Waals surface area contributed by atoms with Crippen LogP contribution in [-0.4, -0.2) is 104 Å². The SMILES string of the molecule is CN1CC[C@]23c4c5ccc(O[C@@H]6O[C@H](C(=O)O)[C@@H](O)[C@H](O)[C@H]6O)c4O[C@H]2C(=O)CC[C@@]3(O)[C@@H]1C5.